The molecule has 128 valence electrons. The van der Waals surface area contributed by atoms with Crippen LogP contribution in [0.5, 0.6) is 0 Å². The van der Waals surface area contributed by atoms with Crippen molar-refractivity contribution in [2.24, 2.45) is 5.92 Å². The second-order valence-electron chi connectivity index (χ2n) is 6.18. The van der Waals surface area contributed by atoms with Gasteiger partial charge in [0.15, 0.2) is 11.6 Å². The van der Waals surface area contributed by atoms with E-state index < -0.39 is 11.6 Å². The van der Waals surface area contributed by atoms with Crippen molar-refractivity contribution in [2.75, 3.05) is 13.2 Å². The molecular formula is C18H19F2NO3. The van der Waals surface area contributed by atoms with E-state index in [9.17, 15) is 18.7 Å². The Morgan fingerprint density at radius 2 is 2.08 bits per heavy atom. The quantitative estimate of drug-likeness (QED) is 0.818. The molecule has 4 nitrogen and oxygen atoms in total. The van der Waals surface area contributed by atoms with Crippen LogP contribution >= 0.6 is 0 Å². The van der Waals surface area contributed by atoms with Gasteiger partial charge < -0.3 is 14.8 Å². The van der Waals surface area contributed by atoms with E-state index in [4.69, 9.17) is 4.42 Å². The molecule has 1 saturated carbocycles. The maximum absolute atomic E-state index is 13.2. The smallest absolute Gasteiger partial charge is 0.254 e. The first-order valence-corrected chi connectivity index (χ1v) is 7.99. The van der Waals surface area contributed by atoms with Crippen molar-refractivity contribution < 1.29 is 23.1 Å². The molecule has 1 atom stereocenters. The lowest BCUT2D eigenvalue weighted by atomic mass is 9.99. The summed E-state index contributed by atoms with van der Waals surface area (Å²) in [5, 5.41) is 12.2. The number of benzene rings is 1. The lowest BCUT2D eigenvalue weighted by Gasteiger charge is -2.15. The molecule has 6 heteroatoms. The first-order valence-electron chi connectivity index (χ1n) is 7.99. The minimum Gasteiger partial charge on any atom is -0.468 e. The Bertz CT molecular complexity index is 725. The van der Waals surface area contributed by atoms with Gasteiger partial charge in [0.2, 0.25) is 0 Å². The molecule has 1 aromatic carbocycles. The standard InChI is InChI=1S/C18H19F2NO3/c19-15-4-1-11(8-16(15)20)7-12(10-22)9-21-18(23)14-5-6-24-17(14)13-2-3-13/h1,4-6,8,12-13,22H,2-3,7,9-10H2,(H,21,23)/t12-/m0/s1. The topological polar surface area (TPSA) is 62.5 Å². The molecule has 1 fully saturated rings. The fourth-order valence-electron chi connectivity index (χ4n) is 2.70. The van der Waals surface area contributed by atoms with Gasteiger partial charge in [-0.25, -0.2) is 8.78 Å². The molecular weight excluding hydrogens is 316 g/mol. The number of aliphatic hydroxyl groups excluding tert-OH is 1. The van der Waals surface area contributed by atoms with E-state index in [0.717, 1.165) is 25.0 Å². The van der Waals surface area contributed by atoms with Crippen molar-refractivity contribution in [2.45, 2.75) is 25.2 Å². The van der Waals surface area contributed by atoms with Crippen molar-refractivity contribution in [1.82, 2.24) is 5.32 Å². The minimum atomic E-state index is -0.916. The summed E-state index contributed by atoms with van der Waals surface area (Å²) >= 11 is 0. The molecule has 1 heterocycles. The summed E-state index contributed by atoms with van der Waals surface area (Å²) in [6.45, 7) is 0.0732. The van der Waals surface area contributed by atoms with Crippen LogP contribution in [0.4, 0.5) is 8.78 Å². The molecule has 1 amide bonds. The van der Waals surface area contributed by atoms with Crippen LogP contribution < -0.4 is 5.32 Å². The summed E-state index contributed by atoms with van der Waals surface area (Å²) in [5.41, 5.74) is 1.10. The Labute approximate surface area is 138 Å². The van der Waals surface area contributed by atoms with E-state index in [0.29, 0.717) is 29.2 Å². The third-order valence-electron chi connectivity index (χ3n) is 4.21. The number of aliphatic hydroxyl groups is 1. The maximum atomic E-state index is 13.2. The van der Waals surface area contributed by atoms with Crippen molar-refractivity contribution in [3.8, 4) is 0 Å². The largest absolute Gasteiger partial charge is 0.468 e. The van der Waals surface area contributed by atoms with E-state index in [1.807, 2.05) is 0 Å². The van der Waals surface area contributed by atoms with Crippen molar-refractivity contribution in [3.63, 3.8) is 0 Å². The van der Waals surface area contributed by atoms with Crippen LogP contribution in [0.1, 0.15) is 40.4 Å². The molecule has 2 aromatic rings. The number of amides is 1. The zero-order valence-electron chi connectivity index (χ0n) is 13.1. The van der Waals surface area contributed by atoms with Crippen LogP contribution in [0.2, 0.25) is 0 Å². The van der Waals surface area contributed by atoms with Crippen molar-refractivity contribution in [3.05, 3.63) is 59.1 Å². The van der Waals surface area contributed by atoms with Crippen LogP contribution in [-0.2, 0) is 6.42 Å². The average molecular weight is 335 g/mol. The predicted octanol–water partition coefficient (Wildman–Crippen LogP) is 3.02. The average Bonchev–Trinajstić information content (AvgIpc) is 3.31. The van der Waals surface area contributed by atoms with Crippen molar-refractivity contribution in [1.29, 1.82) is 0 Å². The highest BCUT2D eigenvalue weighted by Crippen LogP contribution is 2.42. The second kappa shape index (κ2) is 7.13. The summed E-state index contributed by atoms with van der Waals surface area (Å²) in [6.07, 6.45) is 3.91. The van der Waals surface area contributed by atoms with Gasteiger partial charge in [0.05, 0.1) is 11.8 Å². The van der Waals surface area contributed by atoms with Crippen LogP contribution in [0.25, 0.3) is 0 Å². The third kappa shape index (κ3) is 3.82. The molecule has 0 unspecified atom stereocenters. The number of furan rings is 1. The van der Waals surface area contributed by atoms with Gasteiger partial charge in [0, 0.05) is 25.0 Å². The number of carbonyl (C=O) groups is 1. The van der Waals surface area contributed by atoms with Crippen molar-refractivity contribution >= 4 is 5.91 Å². The summed E-state index contributed by atoms with van der Waals surface area (Å²) < 4.78 is 31.6. The van der Waals surface area contributed by atoms with E-state index in [1.165, 1.54) is 12.3 Å². The Kier molecular flexibility index (Phi) is 4.94. The highest BCUT2D eigenvalue weighted by Gasteiger charge is 2.31. The monoisotopic (exact) mass is 335 g/mol. The van der Waals surface area contributed by atoms with Gasteiger partial charge in [-0.2, -0.15) is 0 Å². The molecule has 1 aliphatic carbocycles. The molecule has 2 N–H and O–H groups in total. The Morgan fingerprint density at radius 1 is 1.29 bits per heavy atom. The number of hydrogen-bond acceptors (Lipinski definition) is 3. The SMILES string of the molecule is O=C(NC[C@@H](CO)Cc1ccc(F)c(F)c1)c1ccoc1C1CC1. The summed E-state index contributed by atoms with van der Waals surface area (Å²) in [5.74, 6) is -1.30. The molecule has 3 rings (SSSR count). The number of nitrogens with one attached hydrogen (secondary N) is 1. The summed E-state index contributed by atoms with van der Waals surface area (Å²) in [6, 6.07) is 5.29. The zero-order chi connectivity index (χ0) is 17.1. The number of carbonyl (C=O) groups excluding carboxylic acids is 1. The van der Waals surface area contributed by atoms with E-state index in [-0.39, 0.29) is 25.0 Å². The van der Waals surface area contributed by atoms with Crippen LogP contribution in [-0.4, -0.2) is 24.2 Å². The molecule has 0 saturated heterocycles. The second-order valence-corrected chi connectivity index (χ2v) is 6.18. The fourth-order valence-corrected chi connectivity index (χ4v) is 2.70. The van der Waals surface area contributed by atoms with Crippen LogP contribution in [0.3, 0.4) is 0 Å². The van der Waals surface area contributed by atoms with Gasteiger partial charge in [-0.05, 0) is 43.0 Å². The molecule has 1 aliphatic rings. The van der Waals surface area contributed by atoms with Crippen LogP contribution in [0.15, 0.2) is 34.9 Å². The lowest BCUT2D eigenvalue weighted by Crippen LogP contribution is -2.32. The first-order chi connectivity index (χ1) is 11.6. The lowest BCUT2D eigenvalue weighted by molar-refractivity contribution is 0.0938. The van der Waals surface area contributed by atoms with Gasteiger partial charge in [0.25, 0.3) is 5.91 Å². The van der Waals surface area contributed by atoms with Gasteiger partial charge in [0.1, 0.15) is 5.76 Å². The number of hydrogen-bond donors (Lipinski definition) is 2. The molecule has 0 spiro atoms. The molecule has 24 heavy (non-hydrogen) atoms. The number of halogens is 2. The third-order valence-corrected chi connectivity index (χ3v) is 4.21. The predicted molar refractivity (Wildman–Crippen MR) is 83.7 cm³/mol. The fraction of sp³-hybridized carbons (Fsp3) is 0.389. The summed E-state index contributed by atoms with van der Waals surface area (Å²) in [7, 11) is 0. The minimum absolute atomic E-state index is 0.167. The van der Waals surface area contributed by atoms with Gasteiger partial charge in [-0.3, -0.25) is 4.79 Å². The van der Waals surface area contributed by atoms with E-state index in [1.54, 1.807) is 6.07 Å². The van der Waals surface area contributed by atoms with Gasteiger partial charge in [-0.1, -0.05) is 6.07 Å². The van der Waals surface area contributed by atoms with E-state index >= 15 is 0 Å². The maximum Gasteiger partial charge on any atom is 0.254 e. The highest BCUT2D eigenvalue weighted by molar-refractivity contribution is 5.95. The Balaban J connectivity index is 1.58. The Hall–Kier alpha value is -2.21. The number of rotatable bonds is 7. The molecule has 0 radical (unpaired) electrons. The Morgan fingerprint density at radius 3 is 2.75 bits per heavy atom. The highest BCUT2D eigenvalue weighted by atomic mass is 19.2. The normalized spacial score (nSPS) is 15.3. The van der Waals surface area contributed by atoms with Crippen LogP contribution in [0, 0.1) is 17.6 Å². The van der Waals surface area contributed by atoms with Gasteiger partial charge in [-0.15, -0.1) is 0 Å². The molecule has 0 aliphatic heterocycles. The first kappa shape index (κ1) is 16.6. The molecule has 0 bridgehead atoms. The zero-order valence-corrected chi connectivity index (χ0v) is 13.1. The summed E-state index contributed by atoms with van der Waals surface area (Å²) in [4.78, 5) is 12.3. The van der Waals surface area contributed by atoms with Gasteiger partial charge >= 0.3 is 0 Å². The van der Waals surface area contributed by atoms with E-state index in [2.05, 4.69) is 5.32 Å². The molecule has 1 aromatic heterocycles.